The SMILES string of the molecule is CC(C)C[C@H](NC(=O)CCC1CCCCC1)C(=O)N[C@@H](CC(C)C)C(=O)N[C@H](C(=O)N1CCC[C@H]1C(=O)N[C@@H](CCCN=C(N)N)C(=O)N[C@@H](CC(N)=O)C(N)=O)[C@@H](C)O. The molecule has 340 valence electrons. The Morgan fingerprint density at radius 1 is 0.700 bits per heavy atom. The third-order valence-electron chi connectivity index (χ3n) is 10.7. The van der Waals surface area contributed by atoms with Crippen molar-refractivity contribution < 1.29 is 43.5 Å². The highest BCUT2D eigenvalue weighted by molar-refractivity contribution is 5.98. The van der Waals surface area contributed by atoms with Crippen LogP contribution in [0.25, 0.3) is 0 Å². The second kappa shape index (κ2) is 25.6. The highest BCUT2D eigenvalue weighted by Gasteiger charge is 2.41. The number of carbonyl (C=O) groups is 8. The van der Waals surface area contributed by atoms with Gasteiger partial charge < -0.3 is 59.5 Å². The monoisotopic (exact) mass is 850 g/mol. The van der Waals surface area contributed by atoms with Gasteiger partial charge in [0.25, 0.3) is 0 Å². The van der Waals surface area contributed by atoms with Crippen LogP contribution < -0.4 is 49.5 Å². The molecule has 1 aliphatic carbocycles. The van der Waals surface area contributed by atoms with Crippen molar-refractivity contribution in [3.05, 3.63) is 0 Å². The minimum absolute atomic E-state index is 0.0193. The average molecular weight is 850 g/mol. The van der Waals surface area contributed by atoms with Crippen LogP contribution in [0.1, 0.15) is 125 Å². The molecule has 20 nitrogen and oxygen atoms in total. The van der Waals surface area contributed by atoms with Crippen LogP contribution in [-0.4, -0.2) is 119 Å². The molecule has 1 aliphatic heterocycles. The summed E-state index contributed by atoms with van der Waals surface area (Å²) in [6.07, 6.45) is 6.03. The van der Waals surface area contributed by atoms with E-state index in [9.17, 15) is 43.5 Å². The van der Waals surface area contributed by atoms with Crippen molar-refractivity contribution in [1.82, 2.24) is 31.5 Å². The number of guanidine groups is 1. The summed E-state index contributed by atoms with van der Waals surface area (Å²) in [5.41, 5.74) is 21.3. The Morgan fingerprint density at radius 3 is 1.82 bits per heavy atom. The smallest absolute Gasteiger partial charge is 0.248 e. The third-order valence-corrected chi connectivity index (χ3v) is 10.7. The molecule has 7 atom stereocenters. The van der Waals surface area contributed by atoms with Crippen molar-refractivity contribution in [2.24, 2.45) is 45.7 Å². The Bertz CT molecular complexity index is 1510. The number of amides is 8. The topological polar surface area (TPSA) is 337 Å². The van der Waals surface area contributed by atoms with E-state index in [4.69, 9.17) is 22.9 Å². The molecule has 1 heterocycles. The molecule has 2 rings (SSSR count). The number of aliphatic hydroxyl groups is 1. The highest BCUT2D eigenvalue weighted by atomic mass is 16.3. The molecule has 0 aromatic carbocycles. The predicted molar refractivity (Wildman–Crippen MR) is 224 cm³/mol. The summed E-state index contributed by atoms with van der Waals surface area (Å²) in [7, 11) is 0. The second-order valence-electron chi connectivity index (χ2n) is 17.0. The number of aliphatic imine (C=N–C) groups is 1. The number of nitrogens with one attached hydrogen (secondary N) is 5. The average Bonchev–Trinajstić information content (AvgIpc) is 3.66. The van der Waals surface area contributed by atoms with Gasteiger partial charge in [-0.2, -0.15) is 0 Å². The van der Waals surface area contributed by atoms with Crippen molar-refractivity contribution in [3.63, 3.8) is 0 Å². The Balaban J connectivity index is 2.23. The van der Waals surface area contributed by atoms with E-state index in [0.29, 0.717) is 25.2 Å². The Kier molecular flexibility index (Phi) is 21.8. The molecule has 0 aromatic heterocycles. The Morgan fingerprint density at radius 2 is 1.27 bits per heavy atom. The lowest BCUT2D eigenvalue weighted by Gasteiger charge is -2.32. The van der Waals surface area contributed by atoms with Crippen LogP contribution in [0.15, 0.2) is 4.99 Å². The van der Waals surface area contributed by atoms with Gasteiger partial charge in [0.1, 0.15) is 36.3 Å². The first-order valence-corrected chi connectivity index (χ1v) is 21.3. The predicted octanol–water partition coefficient (Wildman–Crippen LogP) is -1.35. The third kappa shape index (κ3) is 18.1. The van der Waals surface area contributed by atoms with Crippen molar-refractivity contribution in [2.75, 3.05) is 13.1 Å². The molecule has 2 aliphatic rings. The van der Waals surface area contributed by atoms with Gasteiger partial charge in [-0.1, -0.05) is 59.8 Å². The van der Waals surface area contributed by atoms with Crippen LogP contribution >= 0.6 is 0 Å². The fourth-order valence-electron chi connectivity index (χ4n) is 7.62. The molecule has 1 saturated carbocycles. The van der Waals surface area contributed by atoms with Crippen molar-refractivity contribution in [2.45, 2.75) is 167 Å². The first-order valence-electron chi connectivity index (χ1n) is 21.3. The Labute approximate surface area is 353 Å². The van der Waals surface area contributed by atoms with Gasteiger partial charge in [0, 0.05) is 19.5 Å². The van der Waals surface area contributed by atoms with Gasteiger partial charge in [0.15, 0.2) is 5.96 Å². The summed E-state index contributed by atoms with van der Waals surface area (Å²) in [5.74, 6) is -5.51. The van der Waals surface area contributed by atoms with E-state index in [-0.39, 0.29) is 62.5 Å². The van der Waals surface area contributed by atoms with Gasteiger partial charge in [0.2, 0.25) is 47.3 Å². The maximum absolute atomic E-state index is 14.1. The van der Waals surface area contributed by atoms with Gasteiger partial charge in [0.05, 0.1) is 12.5 Å². The first-order chi connectivity index (χ1) is 28.2. The normalized spacial score (nSPS) is 18.6. The second-order valence-corrected chi connectivity index (χ2v) is 17.0. The number of nitrogens with zero attached hydrogens (tertiary/aromatic N) is 2. The van der Waals surface area contributed by atoms with Gasteiger partial charge in [-0.3, -0.25) is 43.3 Å². The molecule has 2 fully saturated rings. The fourth-order valence-corrected chi connectivity index (χ4v) is 7.62. The number of likely N-dealkylation sites (tertiary alicyclic amines) is 1. The minimum Gasteiger partial charge on any atom is -0.391 e. The Hall–Kier alpha value is -5.01. The number of carbonyl (C=O) groups excluding carboxylic acids is 8. The van der Waals surface area contributed by atoms with Crippen molar-refractivity contribution in [1.29, 1.82) is 0 Å². The van der Waals surface area contributed by atoms with Crippen LogP contribution in [-0.2, 0) is 38.4 Å². The van der Waals surface area contributed by atoms with Crippen LogP contribution in [0.2, 0.25) is 0 Å². The minimum atomic E-state index is -1.52. The first kappa shape index (κ1) is 51.1. The van der Waals surface area contributed by atoms with Crippen LogP contribution in [0.5, 0.6) is 0 Å². The van der Waals surface area contributed by atoms with Gasteiger partial charge in [-0.15, -0.1) is 0 Å². The lowest BCUT2D eigenvalue weighted by atomic mass is 9.86. The number of hydrogen-bond donors (Lipinski definition) is 10. The standard InChI is InChI=1S/C40H71N11O9/c1-22(2)19-28(46-32(54)16-15-25-11-7-6-8-12-25)36(57)49-29(20-23(3)4)37(58)50-33(24(5)52)39(60)51-18-10-14-30(51)38(59)47-26(13-9-17-45-40(43)44)35(56)48-27(34(42)55)21-31(41)53/h22-30,33,52H,6-21H2,1-5H3,(H2,41,53)(H2,42,55)(H,46,54)(H,47,59)(H,48,56)(H,49,57)(H,50,58)(H4,43,44,45)/t24-,26+,27+,28+,29+,30+,33+/m1/s1. The number of hydrogen-bond acceptors (Lipinski definition) is 10. The summed E-state index contributed by atoms with van der Waals surface area (Å²) in [4.78, 5) is 110. The van der Waals surface area contributed by atoms with Crippen molar-refractivity contribution >= 4 is 53.2 Å². The van der Waals surface area contributed by atoms with Crippen LogP contribution in [0.4, 0.5) is 0 Å². The fraction of sp³-hybridized carbons (Fsp3) is 0.775. The molecule has 20 heteroatoms. The summed E-state index contributed by atoms with van der Waals surface area (Å²) < 4.78 is 0. The van der Waals surface area contributed by atoms with E-state index in [1.165, 1.54) is 18.2 Å². The molecule has 14 N–H and O–H groups in total. The maximum Gasteiger partial charge on any atom is 0.248 e. The quantitative estimate of drug-likeness (QED) is 0.0291. The number of primary amides is 2. The summed E-state index contributed by atoms with van der Waals surface area (Å²) in [6.45, 7) is 9.05. The van der Waals surface area contributed by atoms with Crippen LogP contribution in [0, 0.1) is 17.8 Å². The summed E-state index contributed by atoms with van der Waals surface area (Å²) in [6, 6.07) is -7.40. The van der Waals surface area contributed by atoms with E-state index in [1.54, 1.807) is 0 Å². The molecule has 60 heavy (non-hydrogen) atoms. The maximum atomic E-state index is 14.1. The lowest BCUT2D eigenvalue weighted by Crippen LogP contribution is -2.61. The van der Waals surface area contributed by atoms with E-state index in [1.807, 2.05) is 27.7 Å². The van der Waals surface area contributed by atoms with Gasteiger partial charge >= 0.3 is 0 Å². The molecule has 0 bridgehead atoms. The van der Waals surface area contributed by atoms with E-state index >= 15 is 0 Å². The lowest BCUT2D eigenvalue weighted by molar-refractivity contribution is -0.144. The summed E-state index contributed by atoms with van der Waals surface area (Å²) >= 11 is 0. The van der Waals surface area contributed by atoms with Crippen molar-refractivity contribution in [3.8, 4) is 0 Å². The van der Waals surface area contributed by atoms with Crippen LogP contribution in [0.3, 0.4) is 0 Å². The number of aliphatic hydroxyl groups excluding tert-OH is 1. The van der Waals surface area contributed by atoms with E-state index in [0.717, 1.165) is 32.1 Å². The highest BCUT2D eigenvalue weighted by Crippen LogP contribution is 2.27. The molecule has 8 amide bonds. The zero-order chi connectivity index (χ0) is 45.1. The molecular weight excluding hydrogens is 779 g/mol. The molecule has 0 spiro atoms. The van der Waals surface area contributed by atoms with Gasteiger partial charge in [-0.25, -0.2) is 0 Å². The molecule has 0 radical (unpaired) electrons. The number of nitrogens with two attached hydrogens (primary N) is 4. The largest absolute Gasteiger partial charge is 0.391 e. The summed E-state index contributed by atoms with van der Waals surface area (Å²) in [5, 5.41) is 24.0. The molecule has 0 unspecified atom stereocenters. The molecule has 1 saturated heterocycles. The van der Waals surface area contributed by atoms with E-state index in [2.05, 4.69) is 31.6 Å². The number of rotatable bonds is 25. The zero-order valence-electron chi connectivity index (χ0n) is 36.0. The molecule has 0 aromatic rings. The zero-order valence-corrected chi connectivity index (χ0v) is 36.0. The van der Waals surface area contributed by atoms with E-state index < -0.39 is 90.1 Å². The molecular formula is C40H71N11O9. The van der Waals surface area contributed by atoms with Gasteiger partial charge in [-0.05, 0) is 69.6 Å².